The molecule has 0 amide bonds. The second-order valence-electron chi connectivity index (χ2n) is 25.8. The number of rotatable bonds is 24. The Labute approximate surface area is 651 Å². The van der Waals surface area contributed by atoms with Gasteiger partial charge in [0, 0.05) is 33.4 Å². The van der Waals surface area contributed by atoms with Crippen molar-refractivity contribution in [1.29, 1.82) is 0 Å². The quantitative estimate of drug-likeness (QED) is 0.0269. The van der Waals surface area contributed by atoms with Crippen molar-refractivity contribution in [1.82, 2.24) is 89.7 Å². The molecule has 24 N–H and O–H groups in total. The standard InChI is InChI=1S/2C39H39N15O3/c2*1-19-28(16-55-25-10-4-22(5-11-25)31-46-34(40)52-35(41)47-31)20(2)30(18-57-27-14-8-24(9-15-27)33-50-38(44)54-39(45)51-33)21(3)29(19)17-56-26-12-6-23(7-13-26)32-48-36(42)53-37(43)49-32/h2*4-15H,16-18H2,1-3H3,(H4,40,41,46,47,52)(H4,42,43,48,49,53)(H4,44,45,50,51,54). The Morgan fingerprint density at radius 3 is 0.377 bits per heavy atom. The third-order valence-corrected chi connectivity index (χ3v) is 18.4. The first-order valence-corrected chi connectivity index (χ1v) is 35.0. The zero-order valence-electron chi connectivity index (χ0n) is 62.5. The number of hydrogen-bond donors (Lipinski definition) is 12. The average Bonchev–Trinajstić information content (AvgIpc) is 0.782. The van der Waals surface area contributed by atoms with Gasteiger partial charge in [-0.25, -0.2) is 0 Å². The van der Waals surface area contributed by atoms with Crippen molar-refractivity contribution in [2.45, 2.75) is 81.2 Å². The molecule has 0 aliphatic rings. The maximum Gasteiger partial charge on any atom is 0.225 e. The van der Waals surface area contributed by atoms with Crippen LogP contribution in [0.15, 0.2) is 146 Å². The average molecular weight is 1530 g/mol. The van der Waals surface area contributed by atoms with E-state index in [-0.39, 0.29) is 111 Å². The number of aromatic nitrogens is 18. The molecule has 0 saturated carbocycles. The maximum absolute atomic E-state index is 6.36. The highest BCUT2D eigenvalue weighted by molar-refractivity contribution is 5.65. The summed E-state index contributed by atoms with van der Waals surface area (Å²) >= 11 is 0. The second kappa shape index (κ2) is 33.4. The number of nitrogen functional groups attached to an aromatic ring is 12. The molecule has 0 aliphatic carbocycles. The van der Waals surface area contributed by atoms with Crippen molar-refractivity contribution in [3.05, 3.63) is 212 Å². The molecular formula is C78H78N30O6. The first-order valence-electron chi connectivity index (χ1n) is 35.0. The molecule has 36 nitrogen and oxygen atoms in total. The largest absolute Gasteiger partial charge is 0.489 e. The summed E-state index contributed by atoms with van der Waals surface area (Å²) in [5.41, 5.74) is 85.8. The van der Waals surface area contributed by atoms with E-state index >= 15 is 0 Å². The van der Waals surface area contributed by atoms with Crippen LogP contribution in [0.3, 0.4) is 0 Å². The number of ether oxygens (including phenoxy) is 6. The van der Waals surface area contributed by atoms with E-state index in [4.69, 9.17) is 97.2 Å². The van der Waals surface area contributed by atoms with Crippen LogP contribution in [0, 0.1) is 41.5 Å². The predicted octanol–water partition coefficient (Wildman–Crippen LogP) is 8.80. The Kier molecular flexibility index (Phi) is 22.4. The van der Waals surface area contributed by atoms with E-state index in [9.17, 15) is 0 Å². The lowest BCUT2D eigenvalue weighted by Crippen LogP contribution is -2.13. The van der Waals surface area contributed by atoms with Crippen molar-refractivity contribution < 1.29 is 28.4 Å². The lowest BCUT2D eigenvalue weighted by Gasteiger charge is -2.23. The van der Waals surface area contributed by atoms with Crippen LogP contribution in [-0.2, 0) is 39.6 Å². The smallest absolute Gasteiger partial charge is 0.225 e. The van der Waals surface area contributed by atoms with E-state index < -0.39 is 0 Å². The van der Waals surface area contributed by atoms with Crippen molar-refractivity contribution in [3.8, 4) is 103 Å². The van der Waals surface area contributed by atoms with Gasteiger partial charge in [0.25, 0.3) is 0 Å². The number of hydrogen-bond acceptors (Lipinski definition) is 36. The van der Waals surface area contributed by atoms with Crippen LogP contribution in [0.1, 0.15) is 66.8 Å². The summed E-state index contributed by atoms with van der Waals surface area (Å²) in [6.07, 6.45) is 0. The normalized spacial score (nSPS) is 11.0. The summed E-state index contributed by atoms with van der Waals surface area (Å²) in [5, 5.41) is 0. The molecule has 0 unspecified atom stereocenters. The molecule has 14 rings (SSSR count). The molecule has 0 radical (unpaired) electrons. The van der Waals surface area contributed by atoms with Crippen molar-refractivity contribution >= 4 is 71.4 Å². The van der Waals surface area contributed by atoms with E-state index in [0.717, 1.165) is 66.8 Å². The van der Waals surface area contributed by atoms with Gasteiger partial charge < -0.3 is 97.2 Å². The van der Waals surface area contributed by atoms with Crippen molar-refractivity contribution in [3.63, 3.8) is 0 Å². The van der Waals surface area contributed by atoms with E-state index in [2.05, 4.69) is 131 Å². The van der Waals surface area contributed by atoms with Crippen molar-refractivity contribution in [2.75, 3.05) is 68.8 Å². The van der Waals surface area contributed by atoms with Gasteiger partial charge in [0.1, 0.15) is 74.1 Å². The van der Waals surface area contributed by atoms with Crippen molar-refractivity contribution in [2.24, 2.45) is 0 Å². The Morgan fingerprint density at radius 2 is 0.272 bits per heavy atom. The minimum Gasteiger partial charge on any atom is -0.489 e. The van der Waals surface area contributed by atoms with Crippen LogP contribution in [0.4, 0.5) is 71.4 Å². The van der Waals surface area contributed by atoms with Crippen LogP contribution < -0.4 is 97.2 Å². The highest BCUT2D eigenvalue weighted by atomic mass is 16.5. The number of anilines is 12. The van der Waals surface area contributed by atoms with Gasteiger partial charge in [0.2, 0.25) is 71.4 Å². The van der Waals surface area contributed by atoms with Gasteiger partial charge in [-0.15, -0.1) is 0 Å². The fraction of sp³-hybridized carbons (Fsp3) is 0.154. The molecule has 6 aromatic heterocycles. The fourth-order valence-corrected chi connectivity index (χ4v) is 12.4. The molecule has 0 fully saturated rings. The molecule has 0 saturated heterocycles. The van der Waals surface area contributed by atoms with Crippen LogP contribution in [0.25, 0.3) is 68.3 Å². The van der Waals surface area contributed by atoms with E-state index in [1.165, 1.54) is 0 Å². The van der Waals surface area contributed by atoms with E-state index in [1.807, 2.05) is 146 Å². The van der Waals surface area contributed by atoms with Crippen LogP contribution in [0.2, 0.25) is 0 Å². The molecule has 0 spiro atoms. The predicted molar refractivity (Wildman–Crippen MR) is 432 cm³/mol. The van der Waals surface area contributed by atoms with E-state index in [0.29, 0.717) is 103 Å². The maximum atomic E-state index is 6.36. The zero-order valence-corrected chi connectivity index (χ0v) is 62.5. The number of nitrogens with zero attached hydrogens (tertiary/aromatic N) is 18. The Bertz CT molecular complexity index is 4770. The van der Waals surface area contributed by atoms with Gasteiger partial charge in [0.15, 0.2) is 34.9 Å². The summed E-state index contributed by atoms with van der Waals surface area (Å²) in [6, 6.07) is 44.1. The lowest BCUT2D eigenvalue weighted by molar-refractivity contribution is 0.289. The van der Waals surface area contributed by atoms with Gasteiger partial charge in [-0.1, -0.05) is 0 Å². The Balaban J connectivity index is 0.000000199. The van der Waals surface area contributed by atoms with Gasteiger partial charge in [-0.05, 0) is 254 Å². The molecule has 0 aliphatic heterocycles. The molecular weight excluding hydrogens is 1450 g/mol. The highest BCUT2D eigenvalue weighted by Crippen LogP contribution is 2.36. The summed E-state index contributed by atoms with van der Waals surface area (Å²) < 4.78 is 38.2. The highest BCUT2D eigenvalue weighted by Gasteiger charge is 2.23. The summed E-state index contributed by atoms with van der Waals surface area (Å²) in [7, 11) is 0. The second-order valence-corrected chi connectivity index (χ2v) is 25.8. The number of nitrogens with two attached hydrogens (primary N) is 12. The molecule has 114 heavy (non-hydrogen) atoms. The monoisotopic (exact) mass is 1530 g/mol. The molecule has 0 atom stereocenters. The SMILES string of the molecule is Cc1c(COc2ccc(-c3nc(N)nc(N)n3)cc2)c(C)c(COc2ccc(-c3nc(N)nc(N)n3)cc2)c(C)c1COc1ccc(-c2nc(N)nc(N)n2)cc1.Cc1c(COc2ccc(-c3nc(N)nc(N)n3)cc2)c(C)c(COc2ccc(-c3nc(N)nc(N)n3)cc2)c(C)c1COc1ccc(-c2nc(N)nc(N)n2)cc1. The van der Waals surface area contributed by atoms with Crippen LogP contribution >= 0.6 is 0 Å². The summed E-state index contributed by atoms with van der Waals surface area (Å²) in [6.45, 7) is 14.1. The molecule has 576 valence electrons. The zero-order chi connectivity index (χ0) is 80.4. The molecule has 8 aromatic carbocycles. The minimum absolute atomic E-state index is 0.0447. The third-order valence-electron chi connectivity index (χ3n) is 18.4. The first kappa shape index (κ1) is 76.4. The fourth-order valence-electron chi connectivity index (χ4n) is 12.4. The van der Waals surface area contributed by atoms with Gasteiger partial charge in [-0.3, -0.25) is 0 Å². The number of benzene rings is 8. The lowest BCUT2D eigenvalue weighted by atomic mass is 9.89. The minimum atomic E-state index is 0.0447. The molecule has 0 bridgehead atoms. The Morgan fingerprint density at radius 1 is 0.167 bits per heavy atom. The van der Waals surface area contributed by atoms with Gasteiger partial charge >= 0.3 is 0 Å². The molecule has 6 heterocycles. The topological polar surface area (TPSA) is 600 Å². The Hall–Kier alpha value is -15.8. The summed E-state index contributed by atoms with van der Waals surface area (Å²) in [5.74, 6) is 6.64. The molecule has 36 heteroatoms. The first-order chi connectivity index (χ1) is 54.8. The van der Waals surface area contributed by atoms with Crippen LogP contribution in [0.5, 0.6) is 34.5 Å². The third kappa shape index (κ3) is 18.3. The van der Waals surface area contributed by atoms with Gasteiger partial charge in [0.05, 0.1) is 0 Å². The van der Waals surface area contributed by atoms with E-state index in [1.54, 1.807) is 0 Å². The van der Waals surface area contributed by atoms with Gasteiger partial charge in [-0.2, -0.15) is 89.7 Å². The summed E-state index contributed by atoms with van der Waals surface area (Å²) in [4.78, 5) is 73.2. The molecule has 14 aromatic rings. The van der Waals surface area contributed by atoms with Crippen LogP contribution in [-0.4, -0.2) is 89.7 Å².